The van der Waals surface area contributed by atoms with E-state index >= 15 is 0 Å². The maximum absolute atomic E-state index is 11.5. The van der Waals surface area contributed by atoms with Crippen molar-refractivity contribution in [3.8, 4) is 0 Å². The van der Waals surface area contributed by atoms with Gasteiger partial charge in [-0.2, -0.15) is 0 Å². The lowest BCUT2D eigenvalue weighted by molar-refractivity contribution is -0.128. The summed E-state index contributed by atoms with van der Waals surface area (Å²) in [7, 11) is 0. The molecule has 2 aromatic rings. The highest BCUT2D eigenvalue weighted by Crippen LogP contribution is 2.21. The van der Waals surface area contributed by atoms with Gasteiger partial charge in [0.2, 0.25) is 5.91 Å². The molecular formula is C15H18N4O2. The minimum absolute atomic E-state index is 0.0995. The molecule has 0 unspecified atom stereocenters. The zero-order chi connectivity index (χ0) is 14.8. The van der Waals surface area contributed by atoms with E-state index in [4.69, 9.17) is 0 Å². The molecule has 6 nitrogen and oxygen atoms in total. The Morgan fingerprint density at radius 1 is 1.24 bits per heavy atom. The Morgan fingerprint density at radius 3 is 2.86 bits per heavy atom. The summed E-state index contributed by atoms with van der Waals surface area (Å²) >= 11 is 0. The van der Waals surface area contributed by atoms with Crippen LogP contribution in [-0.4, -0.2) is 52.7 Å². The van der Waals surface area contributed by atoms with Crippen LogP contribution in [0.25, 0.3) is 5.65 Å². The van der Waals surface area contributed by atoms with Crippen molar-refractivity contribution < 1.29 is 9.59 Å². The van der Waals surface area contributed by atoms with Crippen LogP contribution in [0.5, 0.6) is 0 Å². The molecule has 0 spiro atoms. The molecule has 0 bridgehead atoms. The number of pyridine rings is 1. The zero-order valence-electron chi connectivity index (χ0n) is 12.0. The first-order valence-electron chi connectivity index (χ1n) is 7.13. The number of hydrogen-bond donors (Lipinski definition) is 0. The van der Waals surface area contributed by atoms with Gasteiger partial charge in [0.1, 0.15) is 11.3 Å². The predicted octanol–water partition coefficient (Wildman–Crippen LogP) is 1.21. The smallest absolute Gasteiger partial charge is 0.219 e. The number of fused-ring (bicyclic) bond motifs is 1. The number of carbonyl (C=O) groups is 2. The average molecular weight is 286 g/mol. The minimum Gasteiger partial charge on any atom is -0.353 e. The van der Waals surface area contributed by atoms with Crippen LogP contribution in [0, 0.1) is 0 Å². The summed E-state index contributed by atoms with van der Waals surface area (Å²) in [4.78, 5) is 31.5. The summed E-state index contributed by atoms with van der Waals surface area (Å²) in [6.07, 6.45) is 3.57. The Kier molecular flexibility index (Phi) is 3.60. The fraction of sp³-hybridized carbons (Fsp3) is 0.400. The summed E-state index contributed by atoms with van der Waals surface area (Å²) in [5.74, 6) is 0.809. The predicted molar refractivity (Wildman–Crippen MR) is 79.7 cm³/mol. The maximum atomic E-state index is 11.5. The number of hydrogen-bond acceptors (Lipinski definition) is 4. The van der Waals surface area contributed by atoms with E-state index in [9.17, 15) is 9.59 Å². The van der Waals surface area contributed by atoms with Gasteiger partial charge < -0.3 is 9.80 Å². The minimum atomic E-state index is 0.0995. The van der Waals surface area contributed by atoms with Gasteiger partial charge >= 0.3 is 0 Å². The summed E-state index contributed by atoms with van der Waals surface area (Å²) in [5.41, 5.74) is 1.34. The monoisotopic (exact) mass is 286 g/mol. The van der Waals surface area contributed by atoms with E-state index in [2.05, 4.69) is 9.88 Å². The van der Waals surface area contributed by atoms with Crippen molar-refractivity contribution in [3.63, 3.8) is 0 Å². The number of imidazole rings is 1. The molecule has 1 aliphatic rings. The van der Waals surface area contributed by atoms with Crippen molar-refractivity contribution in [2.24, 2.45) is 0 Å². The van der Waals surface area contributed by atoms with Gasteiger partial charge in [0.05, 0.1) is 0 Å². The van der Waals surface area contributed by atoms with E-state index in [1.54, 1.807) is 11.3 Å². The normalized spacial score (nSPS) is 16.0. The first kappa shape index (κ1) is 13.6. The van der Waals surface area contributed by atoms with Gasteiger partial charge in [-0.1, -0.05) is 6.07 Å². The lowest BCUT2D eigenvalue weighted by Gasteiger charge is -2.21. The second-order valence-electron chi connectivity index (χ2n) is 5.21. The van der Waals surface area contributed by atoms with Crippen LogP contribution in [0.1, 0.15) is 23.8 Å². The topological polar surface area (TPSA) is 57.9 Å². The van der Waals surface area contributed by atoms with E-state index in [-0.39, 0.29) is 5.91 Å². The van der Waals surface area contributed by atoms with E-state index in [0.29, 0.717) is 24.6 Å². The molecule has 1 fully saturated rings. The molecule has 0 N–H and O–H groups in total. The third kappa shape index (κ3) is 2.49. The van der Waals surface area contributed by atoms with Gasteiger partial charge in [0.25, 0.3) is 0 Å². The maximum Gasteiger partial charge on any atom is 0.219 e. The van der Waals surface area contributed by atoms with Crippen LogP contribution >= 0.6 is 0 Å². The Balaban J connectivity index is 1.93. The molecule has 1 aliphatic heterocycles. The van der Waals surface area contributed by atoms with E-state index < -0.39 is 0 Å². The number of nitrogens with zero attached hydrogens (tertiary/aromatic N) is 4. The van der Waals surface area contributed by atoms with E-state index in [1.165, 1.54) is 0 Å². The highest BCUT2D eigenvalue weighted by atomic mass is 16.2. The molecule has 0 atom stereocenters. The molecular weight excluding hydrogens is 268 g/mol. The number of rotatable bonds is 2. The Hall–Kier alpha value is -2.37. The van der Waals surface area contributed by atoms with Crippen LogP contribution in [0.4, 0.5) is 5.82 Å². The van der Waals surface area contributed by atoms with Crippen LogP contribution in [0.3, 0.4) is 0 Å². The first-order valence-corrected chi connectivity index (χ1v) is 7.13. The molecule has 0 radical (unpaired) electrons. The second kappa shape index (κ2) is 5.55. The third-order valence-electron chi connectivity index (χ3n) is 3.90. The van der Waals surface area contributed by atoms with Crippen LogP contribution in [0.15, 0.2) is 24.4 Å². The number of anilines is 1. The SMILES string of the molecule is CC(=O)N1CCCN(c2nc3ccccn3c2C=O)CC1. The van der Waals surface area contributed by atoms with Gasteiger partial charge in [0.15, 0.2) is 12.1 Å². The molecule has 3 heterocycles. The summed E-state index contributed by atoms with van der Waals surface area (Å²) < 4.78 is 1.80. The van der Waals surface area contributed by atoms with Gasteiger partial charge in [-0.05, 0) is 18.6 Å². The molecule has 2 aromatic heterocycles. The lowest BCUT2D eigenvalue weighted by atomic mass is 10.3. The van der Waals surface area contributed by atoms with Crippen molar-refractivity contribution in [2.75, 3.05) is 31.1 Å². The third-order valence-corrected chi connectivity index (χ3v) is 3.90. The molecule has 0 saturated carbocycles. The van der Waals surface area contributed by atoms with E-state index in [1.807, 2.05) is 29.3 Å². The van der Waals surface area contributed by atoms with Crippen LogP contribution < -0.4 is 4.90 Å². The van der Waals surface area contributed by atoms with E-state index in [0.717, 1.165) is 31.4 Å². The molecule has 0 aromatic carbocycles. The average Bonchev–Trinajstić information content (AvgIpc) is 2.68. The number of amides is 1. The number of aldehydes is 1. The van der Waals surface area contributed by atoms with Crippen molar-refractivity contribution in [1.82, 2.24) is 14.3 Å². The standard InChI is InChI=1S/C15H18N4O2/c1-12(21)17-6-4-7-18(10-9-17)15-13(11-20)19-8-3-2-5-14(19)16-15/h2-3,5,8,11H,4,6-7,9-10H2,1H3. The Labute approximate surface area is 123 Å². The lowest BCUT2D eigenvalue weighted by Crippen LogP contribution is -2.34. The Morgan fingerprint density at radius 2 is 2.10 bits per heavy atom. The van der Waals surface area contributed by atoms with Gasteiger partial charge in [-0.3, -0.25) is 14.0 Å². The Bertz CT molecular complexity index is 679. The fourth-order valence-corrected chi connectivity index (χ4v) is 2.79. The number of aromatic nitrogens is 2. The molecule has 1 amide bonds. The zero-order valence-corrected chi connectivity index (χ0v) is 12.0. The summed E-state index contributed by atoms with van der Waals surface area (Å²) in [6, 6.07) is 5.67. The largest absolute Gasteiger partial charge is 0.353 e. The van der Waals surface area contributed by atoms with Gasteiger partial charge in [0, 0.05) is 39.3 Å². The van der Waals surface area contributed by atoms with Gasteiger partial charge in [-0.25, -0.2) is 4.98 Å². The van der Waals surface area contributed by atoms with Crippen molar-refractivity contribution in [2.45, 2.75) is 13.3 Å². The van der Waals surface area contributed by atoms with Crippen molar-refractivity contribution in [3.05, 3.63) is 30.1 Å². The van der Waals surface area contributed by atoms with Crippen LogP contribution in [0.2, 0.25) is 0 Å². The van der Waals surface area contributed by atoms with Crippen LogP contribution in [-0.2, 0) is 4.79 Å². The molecule has 6 heteroatoms. The molecule has 1 saturated heterocycles. The molecule has 3 rings (SSSR count). The molecule has 21 heavy (non-hydrogen) atoms. The molecule has 110 valence electrons. The highest BCUT2D eigenvalue weighted by Gasteiger charge is 2.21. The number of carbonyl (C=O) groups excluding carboxylic acids is 2. The first-order chi connectivity index (χ1) is 10.2. The van der Waals surface area contributed by atoms with Crippen molar-refractivity contribution >= 4 is 23.7 Å². The highest BCUT2D eigenvalue weighted by molar-refractivity contribution is 5.83. The fourth-order valence-electron chi connectivity index (χ4n) is 2.79. The second-order valence-corrected chi connectivity index (χ2v) is 5.21. The molecule has 0 aliphatic carbocycles. The quantitative estimate of drug-likeness (QED) is 0.779. The summed E-state index contributed by atoms with van der Waals surface area (Å²) in [6.45, 7) is 4.52. The van der Waals surface area contributed by atoms with Crippen molar-refractivity contribution in [1.29, 1.82) is 0 Å². The summed E-state index contributed by atoms with van der Waals surface area (Å²) in [5, 5.41) is 0. The van der Waals surface area contributed by atoms with Gasteiger partial charge in [-0.15, -0.1) is 0 Å².